The van der Waals surface area contributed by atoms with Gasteiger partial charge in [-0.25, -0.2) is 4.31 Å². The summed E-state index contributed by atoms with van der Waals surface area (Å²) in [5.74, 6) is 2.80. The summed E-state index contributed by atoms with van der Waals surface area (Å²) in [5.41, 5.74) is 0. The molecule has 1 unspecified atom stereocenters. The van der Waals surface area contributed by atoms with Gasteiger partial charge in [-0.05, 0) is 80.0 Å². The van der Waals surface area contributed by atoms with Gasteiger partial charge in [-0.3, -0.25) is 0 Å². The largest absolute Gasteiger partial charge is 0.496 e. The van der Waals surface area contributed by atoms with Crippen LogP contribution in [0.5, 0.6) is 0 Å². The lowest BCUT2D eigenvalue weighted by molar-refractivity contribution is 0.103. The zero-order valence-electron chi connectivity index (χ0n) is 14.7. The second kappa shape index (κ2) is 7.73. The van der Waals surface area contributed by atoms with Crippen molar-refractivity contribution in [3.8, 4) is 0 Å². The van der Waals surface area contributed by atoms with Crippen LogP contribution in [-0.2, 0) is 4.74 Å². The average Bonchev–Trinajstić information content (AvgIpc) is 3.05. The van der Waals surface area contributed by atoms with Crippen molar-refractivity contribution < 1.29 is 4.74 Å². The number of hydrogen-bond acceptors (Lipinski definition) is 4. The van der Waals surface area contributed by atoms with Crippen LogP contribution in [0.25, 0.3) is 0 Å². The van der Waals surface area contributed by atoms with Crippen molar-refractivity contribution in [1.29, 1.82) is 0 Å². The second-order valence-corrected chi connectivity index (χ2v) is 9.99. The van der Waals surface area contributed by atoms with Crippen molar-refractivity contribution in [3.63, 3.8) is 0 Å². The number of ether oxygens (including phenoxy) is 1. The zero-order chi connectivity index (χ0) is 16.5. The third-order valence-corrected chi connectivity index (χ3v) is 7.74. The fraction of sp³-hybridized carbons (Fsp3) is 0.789. The summed E-state index contributed by atoms with van der Waals surface area (Å²) in [6, 6.07) is 0.816. The third-order valence-electron chi connectivity index (χ3n) is 6.05. The van der Waals surface area contributed by atoms with Crippen LogP contribution < -0.4 is 0 Å². The van der Waals surface area contributed by atoms with E-state index in [1.54, 1.807) is 0 Å². The first kappa shape index (κ1) is 17.4. The normalized spacial score (nSPS) is 31.1. The van der Waals surface area contributed by atoms with E-state index in [1.807, 2.05) is 11.9 Å². The molecule has 5 heteroatoms. The Bertz CT molecular complexity index is 519. The number of likely N-dealkylation sites (tertiary alicyclic amines) is 1. The predicted molar refractivity (Wildman–Crippen MR) is 105 cm³/mol. The Hall–Kier alpha value is 0.0300. The molecule has 4 aliphatic rings. The van der Waals surface area contributed by atoms with E-state index in [-0.39, 0.29) is 0 Å². The van der Waals surface area contributed by atoms with E-state index in [9.17, 15) is 0 Å². The first-order valence-electron chi connectivity index (χ1n) is 9.59. The monoisotopic (exact) mass is 412 g/mol. The lowest BCUT2D eigenvalue weighted by Gasteiger charge is -2.41. The Labute approximate surface area is 159 Å². The van der Waals surface area contributed by atoms with Crippen LogP contribution in [0.3, 0.4) is 0 Å². The summed E-state index contributed by atoms with van der Waals surface area (Å²) in [6.07, 6.45) is 10.0. The highest BCUT2D eigenvalue weighted by Gasteiger charge is 2.32. The van der Waals surface area contributed by atoms with Crippen molar-refractivity contribution in [2.24, 2.45) is 11.8 Å². The maximum atomic E-state index is 5.94. The first-order chi connectivity index (χ1) is 11.7. The van der Waals surface area contributed by atoms with E-state index in [0.29, 0.717) is 5.92 Å². The molecular weight excluding hydrogens is 384 g/mol. The molecule has 4 rings (SSSR count). The number of fused-ring (bicyclic) bond motifs is 1. The van der Waals surface area contributed by atoms with Crippen molar-refractivity contribution >= 4 is 27.9 Å². The van der Waals surface area contributed by atoms with Gasteiger partial charge < -0.3 is 9.64 Å². The van der Waals surface area contributed by atoms with Crippen molar-refractivity contribution in [3.05, 3.63) is 21.2 Å². The molecule has 0 spiro atoms. The Balaban J connectivity index is 1.32. The summed E-state index contributed by atoms with van der Waals surface area (Å²) in [7, 11) is 0. The molecule has 0 aromatic carbocycles. The summed E-state index contributed by atoms with van der Waals surface area (Å²) in [4.78, 5) is 4.11. The lowest BCUT2D eigenvalue weighted by atomic mass is 9.95. The predicted octanol–water partition coefficient (Wildman–Crippen LogP) is 4.76. The Morgan fingerprint density at radius 3 is 2.58 bits per heavy atom. The molecule has 3 saturated heterocycles. The van der Waals surface area contributed by atoms with Crippen molar-refractivity contribution in [1.82, 2.24) is 9.21 Å². The third kappa shape index (κ3) is 3.89. The van der Waals surface area contributed by atoms with Gasteiger partial charge in [-0.15, -0.1) is 0 Å². The Morgan fingerprint density at radius 2 is 1.83 bits per heavy atom. The molecule has 3 fully saturated rings. The fourth-order valence-electron chi connectivity index (χ4n) is 4.44. The molecule has 1 atom stereocenters. The smallest absolute Gasteiger partial charge is 0.114 e. The van der Waals surface area contributed by atoms with Gasteiger partial charge in [0, 0.05) is 25.0 Å². The van der Waals surface area contributed by atoms with E-state index in [4.69, 9.17) is 4.74 Å². The number of halogens is 1. The van der Waals surface area contributed by atoms with Gasteiger partial charge in [0.1, 0.15) is 5.76 Å². The fourth-order valence-corrected chi connectivity index (χ4v) is 6.39. The molecule has 0 amide bonds. The molecule has 3 nitrogen and oxygen atoms in total. The molecule has 0 bridgehead atoms. The van der Waals surface area contributed by atoms with E-state index < -0.39 is 0 Å². The van der Waals surface area contributed by atoms with Crippen LogP contribution in [-0.4, -0.2) is 48.0 Å². The van der Waals surface area contributed by atoms with Gasteiger partial charge in [-0.2, -0.15) is 0 Å². The van der Waals surface area contributed by atoms with Crippen LogP contribution >= 0.6 is 27.9 Å². The zero-order valence-corrected chi connectivity index (χ0v) is 17.1. The maximum absolute atomic E-state index is 5.94. The van der Waals surface area contributed by atoms with Gasteiger partial charge in [-0.1, -0.05) is 22.9 Å². The highest BCUT2D eigenvalue weighted by Crippen LogP contribution is 2.44. The lowest BCUT2D eigenvalue weighted by Crippen LogP contribution is -2.46. The molecule has 134 valence electrons. The van der Waals surface area contributed by atoms with Gasteiger partial charge >= 0.3 is 0 Å². The first-order valence-corrected chi connectivity index (χ1v) is 11.2. The molecule has 0 aromatic rings. The van der Waals surface area contributed by atoms with Crippen molar-refractivity contribution in [2.45, 2.75) is 51.5 Å². The number of piperidine rings is 2. The highest BCUT2D eigenvalue weighted by molar-refractivity contribution is 9.11. The van der Waals surface area contributed by atoms with Gasteiger partial charge in [0.25, 0.3) is 0 Å². The van der Waals surface area contributed by atoms with Gasteiger partial charge in [0.15, 0.2) is 0 Å². The second-order valence-electron chi connectivity index (χ2n) is 7.83. The Morgan fingerprint density at radius 1 is 1.08 bits per heavy atom. The number of rotatable bonds is 3. The molecular formula is C19H29BrN2OS. The topological polar surface area (TPSA) is 15.7 Å². The summed E-state index contributed by atoms with van der Waals surface area (Å²) >= 11 is 5.66. The van der Waals surface area contributed by atoms with Gasteiger partial charge in [0.2, 0.25) is 0 Å². The van der Waals surface area contributed by atoms with E-state index >= 15 is 0 Å². The van der Waals surface area contributed by atoms with Crippen LogP contribution in [0.4, 0.5) is 0 Å². The molecule has 0 radical (unpaired) electrons. The molecule has 0 N–H and O–H groups in total. The summed E-state index contributed by atoms with van der Waals surface area (Å²) < 4.78 is 9.84. The van der Waals surface area contributed by atoms with Crippen LogP contribution in [0, 0.1) is 11.8 Å². The number of nitrogens with zero attached hydrogens (tertiary/aromatic N) is 2. The van der Waals surface area contributed by atoms with E-state index in [2.05, 4.69) is 38.1 Å². The van der Waals surface area contributed by atoms with E-state index in [0.717, 1.165) is 25.0 Å². The minimum Gasteiger partial charge on any atom is -0.496 e. The Kier molecular flexibility index (Phi) is 5.62. The summed E-state index contributed by atoms with van der Waals surface area (Å²) in [5, 5.41) is 0. The van der Waals surface area contributed by atoms with E-state index in [1.165, 1.54) is 73.4 Å². The molecule has 1 aliphatic carbocycles. The molecule has 24 heavy (non-hydrogen) atoms. The quantitative estimate of drug-likeness (QED) is 0.620. The minimum absolute atomic E-state index is 0.611. The molecule has 0 saturated carbocycles. The minimum atomic E-state index is 0.611. The average molecular weight is 413 g/mol. The highest BCUT2D eigenvalue weighted by atomic mass is 79.9. The van der Waals surface area contributed by atoms with Crippen LogP contribution in [0.1, 0.15) is 45.4 Å². The number of hydrogen-bond donors (Lipinski definition) is 0. The van der Waals surface area contributed by atoms with Crippen LogP contribution in [0.2, 0.25) is 0 Å². The molecule has 0 aromatic heterocycles. The molecule has 3 heterocycles. The van der Waals surface area contributed by atoms with Crippen molar-refractivity contribution in [2.75, 3.05) is 32.8 Å². The van der Waals surface area contributed by atoms with Crippen LogP contribution in [0.15, 0.2) is 21.2 Å². The summed E-state index contributed by atoms with van der Waals surface area (Å²) in [6.45, 7) is 8.34. The maximum Gasteiger partial charge on any atom is 0.114 e. The van der Waals surface area contributed by atoms with Gasteiger partial charge in [0.05, 0.1) is 11.5 Å². The SMILES string of the molecule is CC1CCN(C2CCN(SC3=C4OCCC4CC(Br)=C3)CC2)CC1. The molecule has 3 aliphatic heterocycles. The standard InChI is InChI=1S/C19H29BrN2OS/c1-14-2-7-21(8-3-14)17-4-9-22(10-5-17)24-18-13-16(20)12-15-6-11-23-19(15)18/h13-15,17H,2-12H2,1H3. The number of allylic oxidation sites excluding steroid dienone is 3.